The molecule has 166 valence electrons. The van der Waals surface area contributed by atoms with E-state index < -0.39 is 29.5 Å². The third kappa shape index (κ3) is 3.82. The number of amides is 1. The van der Waals surface area contributed by atoms with Crippen LogP contribution in [0.15, 0.2) is 45.5 Å². The van der Waals surface area contributed by atoms with Crippen LogP contribution in [-0.2, 0) is 29.3 Å². The Morgan fingerprint density at radius 1 is 1.23 bits per heavy atom. The van der Waals surface area contributed by atoms with Crippen molar-refractivity contribution in [2.24, 2.45) is 5.73 Å². The molecule has 0 radical (unpaired) electrons. The Hall–Kier alpha value is -2.81. The number of benzene rings is 1. The summed E-state index contributed by atoms with van der Waals surface area (Å²) >= 11 is 3.41. The number of fused-ring (bicyclic) bond motifs is 2. The van der Waals surface area contributed by atoms with Crippen LogP contribution in [-0.4, -0.2) is 30.6 Å². The second-order valence-electron chi connectivity index (χ2n) is 7.46. The molecule has 2 aliphatic heterocycles. The third-order valence-corrected chi connectivity index (χ3v) is 5.44. The fourth-order valence-corrected chi connectivity index (χ4v) is 4.24. The van der Waals surface area contributed by atoms with E-state index in [1.54, 1.807) is 39.0 Å². The first kappa shape index (κ1) is 22.9. The second-order valence-corrected chi connectivity index (χ2v) is 8.37. The van der Waals surface area contributed by atoms with Crippen molar-refractivity contribution in [2.45, 2.75) is 52.2 Å². The van der Waals surface area contributed by atoms with Crippen molar-refractivity contribution in [1.82, 2.24) is 5.32 Å². The van der Waals surface area contributed by atoms with Gasteiger partial charge < -0.3 is 25.3 Å². The quantitative estimate of drug-likeness (QED) is 0.585. The maximum absolute atomic E-state index is 13.2. The van der Waals surface area contributed by atoms with Crippen molar-refractivity contribution >= 4 is 33.8 Å². The molecule has 31 heavy (non-hydrogen) atoms. The second kappa shape index (κ2) is 8.74. The lowest BCUT2D eigenvalue weighted by Crippen LogP contribution is -2.52. The van der Waals surface area contributed by atoms with E-state index in [9.17, 15) is 14.4 Å². The molecule has 1 atom stereocenters. The Kier molecular flexibility index (Phi) is 6.45. The molecule has 1 aromatic rings. The Morgan fingerprint density at radius 2 is 1.94 bits per heavy atom. The Balaban J connectivity index is 2.39. The van der Waals surface area contributed by atoms with Gasteiger partial charge in [0.25, 0.3) is 5.91 Å². The number of carbonyl (C=O) groups excluding carboxylic acids is 3. The molecular formula is C22H25BrN2O6. The first-order valence-corrected chi connectivity index (χ1v) is 10.9. The van der Waals surface area contributed by atoms with Gasteiger partial charge in [0, 0.05) is 22.0 Å². The van der Waals surface area contributed by atoms with Crippen molar-refractivity contribution in [3.63, 3.8) is 0 Å². The fourth-order valence-electron chi connectivity index (χ4n) is 3.88. The summed E-state index contributed by atoms with van der Waals surface area (Å²) in [7, 11) is 0. The highest BCUT2D eigenvalue weighted by atomic mass is 79.9. The molecule has 0 fully saturated rings. The van der Waals surface area contributed by atoms with Crippen LogP contribution in [0.2, 0.25) is 0 Å². The van der Waals surface area contributed by atoms with Crippen molar-refractivity contribution < 1.29 is 28.6 Å². The summed E-state index contributed by atoms with van der Waals surface area (Å²) in [5.74, 6) is -1.94. The predicted molar refractivity (Wildman–Crippen MR) is 115 cm³/mol. The number of halogens is 1. The third-order valence-electron chi connectivity index (χ3n) is 4.94. The molecule has 2 heterocycles. The molecule has 1 unspecified atom stereocenters. The van der Waals surface area contributed by atoms with Crippen LogP contribution in [0.5, 0.6) is 0 Å². The molecule has 0 saturated heterocycles. The van der Waals surface area contributed by atoms with E-state index in [-0.39, 0.29) is 29.4 Å². The summed E-state index contributed by atoms with van der Waals surface area (Å²) in [4.78, 5) is 39.4. The van der Waals surface area contributed by atoms with Crippen LogP contribution < -0.4 is 11.1 Å². The molecule has 1 spiro atoms. The maximum Gasteiger partial charge on any atom is 0.342 e. The summed E-state index contributed by atoms with van der Waals surface area (Å²) in [6, 6.07) is 5.00. The summed E-state index contributed by atoms with van der Waals surface area (Å²) in [5, 5.41) is 2.84. The summed E-state index contributed by atoms with van der Waals surface area (Å²) in [5.41, 5.74) is 5.09. The monoisotopic (exact) mass is 492 g/mol. The Bertz CT molecular complexity index is 1010. The highest BCUT2D eigenvalue weighted by Crippen LogP contribution is 2.49. The Morgan fingerprint density at radius 3 is 2.55 bits per heavy atom. The van der Waals surface area contributed by atoms with Gasteiger partial charge in [-0.2, -0.15) is 0 Å². The van der Waals surface area contributed by atoms with Gasteiger partial charge in [-0.1, -0.05) is 22.9 Å². The molecule has 0 aliphatic carbocycles. The largest absolute Gasteiger partial charge is 0.462 e. The lowest BCUT2D eigenvalue weighted by atomic mass is 9.74. The van der Waals surface area contributed by atoms with E-state index in [0.717, 1.165) is 0 Å². The van der Waals surface area contributed by atoms with Crippen molar-refractivity contribution in [3.05, 3.63) is 56.6 Å². The molecule has 9 heteroatoms. The van der Waals surface area contributed by atoms with Gasteiger partial charge in [0.15, 0.2) is 0 Å². The Labute approximate surface area is 188 Å². The van der Waals surface area contributed by atoms with Crippen LogP contribution in [0.25, 0.3) is 0 Å². The minimum Gasteiger partial charge on any atom is -0.462 e. The fraction of sp³-hybridized carbons (Fsp3) is 0.409. The van der Waals surface area contributed by atoms with E-state index >= 15 is 0 Å². The van der Waals surface area contributed by atoms with E-state index in [2.05, 4.69) is 21.2 Å². The molecule has 1 amide bonds. The molecule has 3 N–H and O–H groups in total. The molecule has 8 nitrogen and oxygen atoms in total. The zero-order chi connectivity index (χ0) is 22.9. The molecule has 2 aliphatic rings. The molecule has 0 saturated carbocycles. The number of ether oxygens (including phenoxy) is 3. The highest BCUT2D eigenvalue weighted by Gasteiger charge is 2.59. The summed E-state index contributed by atoms with van der Waals surface area (Å²) in [6.07, 6.45) is 0.519. The van der Waals surface area contributed by atoms with E-state index in [1.807, 2.05) is 6.92 Å². The zero-order valence-electron chi connectivity index (χ0n) is 17.8. The van der Waals surface area contributed by atoms with E-state index in [1.165, 1.54) is 0 Å². The minimum atomic E-state index is -1.69. The van der Waals surface area contributed by atoms with Crippen LogP contribution in [0, 0.1) is 0 Å². The average molecular weight is 493 g/mol. The average Bonchev–Trinajstić information content (AvgIpc) is 2.93. The number of carbonyl (C=O) groups is 3. The lowest BCUT2D eigenvalue weighted by Gasteiger charge is -2.38. The molecule has 0 aromatic heterocycles. The smallest absolute Gasteiger partial charge is 0.342 e. The van der Waals surface area contributed by atoms with Crippen molar-refractivity contribution in [1.29, 1.82) is 0 Å². The molecule has 3 rings (SSSR count). The molecule has 1 aromatic carbocycles. The van der Waals surface area contributed by atoms with Gasteiger partial charge in [0.1, 0.15) is 22.4 Å². The van der Waals surface area contributed by atoms with Crippen LogP contribution in [0.1, 0.15) is 56.5 Å². The minimum absolute atomic E-state index is 0.0197. The van der Waals surface area contributed by atoms with Gasteiger partial charge in [0.2, 0.25) is 5.88 Å². The SMILES string of the molecule is CCCC1=C(C(=O)OCC)C2(NC(=O)c3ccc(Br)cc32)C(C(=O)OC(C)C)=C(N)O1. The number of nitrogens with one attached hydrogen (secondary N) is 1. The number of esters is 2. The van der Waals surface area contributed by atoms with Gasteiger partial charge in [-0.25, -0.2) is 9.59 Å². The molecule has 0 bridgehead atoms. The lowest BCUT2D eigenvalue weighted by molar-refractivity contribution is -0.144. The highest BCUT2D eigenvalue weighted by molar-refractivity contribution is 9.10. The number of hydrogen-bond acceptors (Lipinski definition) is 7. The topological polar surface area (TPSA) is 117 Å². The molecular weight excluding hydrogens is 468 g/mol. The number of allylic oxidation sites excluding steroid dienone is 1. The first-order chi connectivity index (χ1) is 14.7. The maximum atomic E-state index is 13.2. The standard InChI is InChI=1S/C22H25BrN2O6/c1-5-7-15-16(20(27)29-6-2)22(17(18(24)31-15)21(28)30-11(3)4)14-10-12(23)8-9-13(14)19(26)25-22/h8-11H,5-7,24H2,1-4H3,(H,25,26). The number of nitrogens with two attached hydrogens (primary N) is 1. The van der Waals surface area contributed by atoms with Crippen LogP contribution in [0.4, 0.5) is 0 Å². The van der Waals surface area contributed by atoms with Crippen molar-refractivity contribution in [2.75, 3.05) is 6.61 Å². The van der Waals surface area contributed by atoms with Gasteiger partial charge in [-0.15, -0.1) is 0 Å². The van der Waals surface area contributed by atoms with Crippen molar-refractivity contribution in [3.8, 4) is 0 Å². The zero-order valence-corrected chi connectivity index (χ0v) is 19.4. The van der Waals surface area contributed by atoms with Crippen LogP contribution >= 0.6 is 15.9 Å². The predicted octanol–water partition coefficient (Wildman–Crippen LogP) is 3.16. The number of hydrogen-bond donors (Lipinski definition) is 2. The van der Waals surface area contributed by atoms with Gasteiger partial charge in [0.05, 0.1) is 12.7 Å². The number of rotatable bonds is 6. The normalized spacial score (nSPS) is 20.0. The van der Waals surface area contributed by atoms with Gasteiger partial charge in [-0.3, -0.25) is 4.79 Å². The summed E-state index contributed by atoms with van der Waals surface area (Å²) in [6.45, 7) is 7.05. The first-order valence-electron chi connectivity index (χ1n) is 10.1. The van der Waals surface area contributed by atoms with E-state index in [0.29, 0.717) is 28.4 Å². The van der Waals surface area contributed by atoms with E-state index in [4.69, 9.17) is 19.9 Å². The van der Waals surface area contributed by atoms with Gasteiger partial charge >= 0.3 is 11.9 Å². The van der Waals surface area contributed by atoms with Gasteiger partial charge in [-0.05, 0) is 45.4 Å². The summed E-state index contributed by atoms with van der Waals surface area (Å²) < 4.78 is 17.1. The van der Waals surface area contributed by atoms with Crippen LogP contribution in [0.3, 0.4) is 0 Å².